The Balaban J connectivity index is 2.21. The van der Waals surface area contributed by atoms with Crippen LogP contribution in [0.25, 0.3) is 10.9 Å². The Morgan fingerprint density at radius 3 is 2.69 bits per heavy atom. The minimum atomic E-state index is -0.242. The van der Waals surface area contributed by atoms with Crippen molar-refractivity contribution in [2.24, 2.45) is 5.73 Å². The van der Waals surface area contributed by atoms with Crippen molar-refractivity contribution < 1.29 is 0 Å². The third-order valence-electron chi connectivity index (χ3n) is 3.46. The summed E-state index contributed by atoms with van der Waals surface area (Å²) in [6.45, 7) is 0. The van der Waals surface area contributed by atoms with Gasteiger partial charge in [0.25, 0.3) is 0 Å². The molecule has 1 aliphatic rings. The molecule has 1 saturated carbocycles. The first kappa shape index (κ1) is 10.1. The van der Waals surface area contributed by atoms with Gasteiger partial charge in [0.15, 0.2) is 0 Å². The predicted molar refractivity (Wildman–Crippen MR) is 66.5 cm³/mol. The molecule has 0 bridgehead atoms. The third-order valence-corrected chi connectivity index (χ3v) is 3.75. The van der Waals surface area contributed by atoms with E-state index in [0.717, 1.165) is 29.3 Å². The number of pyridine rings is 1. The molecule has 3 heteroatoms. The first-order valence-electron chi connectivity index (χ1n) is 5.54. The molecule has 2 N–H and O–H groups in total. The summed E-state index contributed by atoms with van der Waals surface area (Å²) in [6.07, 6.45) is 3.19. The van der Waals surface area contributed by atoms with Crippen LogP contribution in [-0.4, -0.2) is 4.98 Å². The fourth-order valence-electron chi connectivity index (χ4n) is 2.27. The number of benzene rings is 1. The van der Waals surface area contributed by atoms with Crippen LogP contribution in [-0.2, 0) is 5.54 Å². The number of hydrogen-bond acceptors (Lipinski definition) is 2. The molecule has 1 heterocycles. The van der Waals surface area contributed by atoms with Gasteiger partial charge in [0.2, 0.25) is 0 Å². The zero-order valence-electron chi connectivity index (χ0n) is 8.91. The van der Waals surface area contributed by atoms with Crippen molar-refractivity contribution in [3.63, 3.8) is 0 Å². The summed E-state index contributed by atoms with van der Waals surface area (Å²) < 4.78 is 0. The Morgan fingerprint density at radius 2 is 2.00 bits per heavy atom. The zero-order chi connectivity index (χ0) is 11.2. The van der Waals surface area contributed by atoms with E-state index >= 15 is 0 Å². The van der Waals surface area contributed by atoms with Gasteiger partial charge in [-0.1, -0.05) is 29.8 Å². The summed E-state index contributed by atoms with van der Waals surface area (Å²) in [4.78, 5) is 4.41. The number of rotatable bonds is 1. The van der Waals surface area contributed by atoms with Gasteiger partial charge in [0.1, 0.15) is 5.15 Å². The van der Waals surface area contributed by atoms with E-state index < -0.39 is 0 Å². The minimum absolute atomic E-state index is 0.242. The molecule has 1 aliphatic carbocycles. The molecule has 1 fully saturated rings. The molecule has 0 unspecified atom stereocenters. The summed E-state index contributed by atoms with van der Waals surface area (Å²) in [5, 5.41) is 1.67. The van der Waals surface area contributed by atoms with Crippen molar-refractivity contribution in [1.29, 1.82) is 0 Å². The van der Waals surface area contributed by atoms with Crippen LogP contribution in [0.4, 0.5) is 0 Å². The lowest BCUT2D eigenvalue weighted by Gasteiger charge is -2.38. The molecule has 0 saturated heterocycles. The highest BCUT2D eigenvalue weighted by Crippen LogP contribution is 2.41. The summed E-state index contributed by atoms with van der Waals surface area (Å²) in [7, 11) is 0. The summed E-state index contributed by atoms with van der Waals surface area (Å²) >= 11 is 6.21. The fraction of sp³-hybridized carbons (Fsp3) is 0.308. The molecule has 1 aromatic heterocycles. The lowest BCUT2D eigenvalue weighted by molar-refractivity contribution is 0.253. The van der Waals surface area contributed by atoms with Crippen LogP contribution >= 0.6 is 11.6 Å². The van der Waals surface area contributed by atoms with Crippen molar-refractivity contribution in [2.45, 2.75) is 24.8 Å². The molecule has 3 rings (SSSR count). The van der Waals surface area contributed by atoms with Gasteiger partial charge in [-0.25, -0.2) is 4.98 Å². The lowest BCUT2D eigenvalue weighted by atomic mass is 9.73. The molecule has 2 aromatic rings. The molecule has 1 aromatic carbocycles. The maximum atomic E-state index is 6.29. The number of halogens is 1. The van der Waals surface area contributed by atoms with Crippen molar-refractivity contribution >= 4 is 22.5 Å². The summed E-state index contributed by atoms with van der Waals surface area (Å²) in [6, 6.07) is 10.1. The molecule has 16 heavy (non-hydrogen) atoms. The van der Waals surface area contributed by atoms with E-state index in [-0.39, 0.29) is 5.54 Å². The average molecular weight is 233 g/mol. The van der Waals surface area contributed by atoms with Crippen LogP contribution in [0.5, 0.6) is 0 Å². The standard InChI is InChI=1S/C13H13ClN2/c14-12-10(13(15)6-3-7-13)8-9-4-1-2-5-11(9)16-12/h1-2,4-5,8H,3,6-7,15H2. The molecule has 0 amide bonds. The van der Waals surface area contributed by atoms with Crippen LogP contribution in [0.1, 0.15) is 24.8 Å². The third kappa shape index (κ3) is 1.41. The van der Waals surface area contributed by atoms with Gasteiger partial charge < -0.3 is 5.73 Å². The van der Waals surface area contributed by atoms with E-state index in [1.54, 1.807) is 0 Å². The van der Waals surface area contributed by atoms with E-state index in [1.807, 2.05) is 24.3 Å². The Bertz CT molecular complexity index is 547. The van der Waals surface area contributed by atoms with Crippen molar-refractivity contribution in [3.05, 3.63) is 41.0 Å². The van der Waals surface area contributed by atoms with E-state index in [4.69, 9.17) is 17.3 Å². The quantitative estimate of drug-likeness (QED) is 0.767. The predicted octanol–water partition coefficient (Wildman–Crippen LogP) is 3.23. The fourth-order valence-corrected chi connectivity index (χ4v) is 2.60. The summed E-state index contributed by atoms with van der Waals surface area (Å²) in [5.74, 6) is 0. The average Bonchev–Trinajstić information content (AvgIpc) is 2.25. The van der Waals surface area contributed by atoms with E-state index in [0.29, 0.717) is 5.15 Å². The molecule has 0 atom stereocenters. The van der Waals surface area contributed by atoms with Gasteiger partial charge >= 0.3 is 0 Å². The van der Waals surface area contributed by atoms with Gasteiger partial charge in [0.05, 0.1) is 5.52 Å². The summed E-state index contributed by atoms with van der Waals surface area (Å²) in [5.41, 5.74) is 7.98. The van der Waals surface area contributed by atoms with Gasteiger partial charge in [-0.05, 0) is 31.4 Å². The van der Waals surface area contributed by atoms with Crippen LogP contribution < -0.4 is 5.73 Å². The number of nitrogens with two attached hydrogens (primary N) is 1. The molecule has 2 nitrogen and oxygen atoms in total. The molecular weight excluding hydrogens is 220 g/mol. The highest BCUT2D eigenvalue weighted by atomic mass is 35.5. The van der Waals surface area contributed by atoms with E-state index in [9.17, 15) is 0 Å². The molecule has 0 radical (unpaired) electrons. The molecular formula is C13H13ClN2. The Kier molecular flexibility index (Phi) is 2.16. The number of fused-ring (bicyclic) bond motifs is 1. The van der Waals surface area contributed by atoms with E-state index in [1.165, 1.54) is 6.42 Å². The monoisotopic (exact) mass is 232 g/mol. The second kappa shape index (κ2) is 3.44. The lowest BCUT2D eigenvalue weighted by Crippen LogP contribution is -2.43. The number of aromatic nitrogens is 1. The van der Waals surface area contributed by atoms with E-state index in [2.05, 4.69) is 11.1 Å². The highest BCUT2D eigenvalue weighted by molar-refractivity contribution is 6.30. The van der Waals surface area contributed by atoms with Gasteiger partial charge in [-0.15, -0.1) is 0 Å². The second-order valence-corrected chi connectivity index (χ2v) is 4.89. The van der Waals surface area contributed by atoms with Crippen molar-refractivity contribution in [2.75, 3.05) is 0 Å². The number of para-hydroxylation sites is 1. The number of hydrogen-bond donors (Lipinski definition) is 1. The van der Waals surface area contributed by atoms with Crippen molar-refractivity contribution in [1.82, 2.24) is 4.98 Å². The maximum Gasteiger partial charge on any atom is 0.134 e. The van der Waals surface area contributed by atoms with Gasteiger partial charge in [-0.2, -0.15) is 0 Å². The van der Waals surface area contributed by atoms with Crippen LogP contribution in [0.15, 0.2) is 30.3 Å². The van der Waals surface area contributed by atoms with Crippen LogP contribution in [0.2, 0.25) is 5.15 Å². The topological polar surface area (TPSA) is 38.9 Å². The Labute approximate surface area is 99.4 Å². The van der Waals surface area contributed by atoms with Gasteiger partial charge in [0, 0.05) is 16.5 Å². The number of nitrogens with zero attached hydrogens (tertiary/aromatic N) is 1. The smallest absolute Gasteiger partial charge is 0.134 e. The maximum absolute atomic E-state index is 6.29. The normalized spacial score (nSPS) is 18.4. The van der Waals surface area contributed by atoms with Crippen LogP contribution in [0.3, 0.4) is 0 Å². The first-order chi connectivity index (χ1) is 7.69. The van der Waals surface area contributed by atoms with Gasteiger partial charge in [-0.3, -0.25) is 0 Å². The first-order valence-corrected chi connectivity index (χ1v) is 5.91. The second-order valence-electron chi connectivity index (χ2n) is 4.53. The molecule has 82 valence electrons. The zero-order valence-corrected chi connectivity index (χ0v) is 9.67. The Hall–Kier alpha value is -1.12. The Morgan fingerprint density at radius 1 is 1.25 bits per heavy atom. The minimum Gasteiger partial charge on any atom is -0.321 e. The van der Waals surface area contributed by atoms with Crippen LogP contribution in [0, 0.1) is 0 Å². The molecule has 0 aliphatic heterocycles. The largest absolute Gasteiger partial charge is 0.321 e. The SMILES string of the molecule is NC1(c2cc3ccccc3nc2Cl)CCC1. The highest BCUT2D eigenvalue weighted by Gasteiger charge is 2.36. The van der Waals surface area contributed by atoms with Crippen molar-refractivity contribution in [3.8, 4) is 0 Å². The molecule has 0 spiro atoms.